The van der Waals surface area contributed by atoms with Gasteiger partial charge < -0.3 is 0 Å². The second-order valence-corrected chi connectivity index (χ2v) is 14.5. The number of rotatable bonds is 8. The molecule has 0 atom stereocenters. The summed E-state index contributed by atoms with van der Waals surface area (Å²) in [5.74, 6) is -0.748. The number of aliphatic carboxylic acids is 1. The van der Waals surface area contributed by atoms with E-state index in [0.29, 0.717) is 0 Å². The van der Waals surface area contributed by atoms with Crippen LogP contribution in [0, 0.1) is 16.2 Å². The monoisotopic (exact) mass is 448 g/mol. The van der Waals surface area contributed by atoms with E-state index in [1.807, 2.05) is 13.8 Å². The second kappa shape index (κ2) is 8.83. The Hall–Kier alpha value is -2.44. The Morgan fingerprint density at radius 2 is 0.969 bits per heavy atom. The summed E-state index contributed by atoms with van der Waals surface area (Å²) in [6, 6.07) is 32.5. The van der Waals surface area contributed by atoms with E-state index in [4.69, 9.17) is 0 Å². The van der Waals surface area contributed by atoms with Gasteiger partial charge in [-0.25, -0.2) is 0 Å². The number of hydrogen-bond acceptors (Lipinski definition) is 1. The second-order valence-electron chi connectivity index (χ2n) is 10.6. The molecule has 0 saturated carbocycles. The first kappa shape index (κ1) is 24.2. The fourth-order valence-corrected chi connectivity index (χ4v) is 10.6. The van der Waals surface area contributed by atoms with E-state index in [-0.39, 0.29) is 5.41 Å². The average molecular weight is 449 g/mol. The Bertz CT molecular complexity index is 942. The van der Waals surface area contributed by atoms with Crippen molar-refractivity contribution in [2.75, 3.05) is 6.16 Å². The first-order chi connectivity index (χ1) is 15.0. The molecule has 0 aliphatic heterocycles. The molecular weight excluding hydrogens is 411 g/mol. The minimum absolute atomic E-state index is 0.261. The van der Waals surface area contributed by atoms with E-state index in [9.17, 15) is 9.90 Å². The van der Waals surface area contributed by atoms with Crippen molar-refractivity contribution in [3.63, 3.8) is 0 Å². The van der Waals surface area contributed by atoms with Crippen molar-refractivity contribution in [2.45, 2.75) is 41.5 Å². The summed E-state index contributed by atoms with van der Waals surface area (Å²) in [5.41, 5.74) is -1.59. The molecule has 0 fully saturated rings. The fourth-order valence-electron chi connectivity index (χ4n) is 4.97. The SMILES string of the molecule is CC(C)(C[PH](c1ccccc1)(c1ccccc1)c1ccccc1)C(C)(C)C(C)(C)C(=O)O. The maximum atomic E-state index is 12.3. The van der Waals surface area contributed by atoms with Crippen molar-refractivity contribution < 1.29 is 9.90 Å². The molecule has 0 saturated heterocycles. The average Bonchev–Trinajstić information content (AvgIpc) is 2.79. The van der Waals surface area contributed by atoms with Gasteiger partial charge in [0.2, 0.25) is 0 Å². The van der Waals surface area contributed by atoms with Gasteiger partial charge in [-0.15, -0.1) is 0 Å². The molecular formula is C29H37O2P. The topological polar surface area (TPSA) is 37.3 Å². The van der Waals surface area contributed by atoms with Crippen LogP contribution in [-0.4, -0.2) is 17.2 Å². The van der Waals surface area contributed by atoms with Crippen molar-refractivity contribution in [3.05, 3.63) is 91.0 Å². The molecule has 0 aromatic heterocycles. The zero-order valence-electron chi connectivity index (χ0n) is 20.2. The molecule has 3 rings (SSSR count). The summed E-state index contributed by atoms with van der Waals surface area (Å²) in [6.45, 7) is 12.5. The molecule has 0 bridgehead atoms. The third kappa shape index (κ3) is 4.02. The predicted molar refractivity (Wildman–Crippen MR) is 140 cm³/mol. The standard InChI is InChI=1S/C29H37O2P/c1-27(2,29(5,6)28(3,4)26(30)31)22-32(23-16-10-7-11-17-23,24-18-12-8-13-19-24)25-20-14-9-15-21-25/h7-21,32H,22H2,1-6H3,(H,30,31). The van der Waals surface area contributed by atoms with Crippen LogP contribution in [0.4, 0.5) is 0 Å². The van der Waals surface area contributed by atoms with Gasteiger partial charge >= 0.3 is 194 Å². The van der Waals surface area contributed by atoms with Crippen molar-refractivity contribution in [1.82, 2.24) is 0 Å². The van der Waals surface area contributed by atoms with Gasteiger partial charge in [0.15, 0.2) is 0 Å². The van der Waals surface area contributed by atoms with Crippen LogP contribution in [0.3, 0.4) is 0 Å². The normalized spacial score (nSPS) is 13.6. The van der Waals surface area contributed by atoms with Gasteiger partial charge in [-0.05, 0) is 0 Å². The number of benzene rings is 3. The molecule has 3 aromatic carbocycles. The van der Waals surface area contributed by atoms with Gasteiger partial charge in [-0.1, -0.05) is 0 Å². The van der Waals surface area contributed by atoms with Crippen molar-refractivity contribution in [2.24, 2.45) is 16.2 Å². The molecule has 0 aliphatic rings. The fraction of sp³-hybridized carbons (Fsp3) is 0.345. The summed E-state index contributed by atoms with van der Waals surface area (Å²) in [7, 11) is -2.48. The molecule has 0 radical (unpaired) electrons. The summed E-state index contributed by atoms with van der Waals surface area (Å²) in [5, 5.41) is 14.2. The van der Waals surface area contributed by atoms with Gasteiger partial charge in [0.1, 0.15) is 0 Å². The summed E-state index contributed by atoms with van der Waals surface area (Å²) < 4.78 is 0. The van der Waals surface area contributed by atoms with Crippen LogP contribution < -0.4 is 15.9 Å². The zero-order chi connectivity index (χ0) is 23.6. The van der Waals surface area contributed by atoms with Crippen LogP contribution in [0.1, 0.15) is 41.5 Å². The van der Waals surface area contributed by atoms with Gasteiger partial charge in [0.05, 0.1) is 0 Å². The predicted octanol–water partition coefficient (Wildman–Crippen LogP) is 5.88. The summed E-state index contributed by atoms with van der Waals surface area (Å²) in [4.78, 5) is 12.3. The molecule has 170 valence electrons. The number of carboxylic acids is 1. The van der Waals surface area contributed by atoms with Crippen LogP contribution >= 0.6 is 7.26 Å². The van der Waals surface area contributed by atoms with E-state index in [1.165, 1.54) is 15.9 Å². The number of carbonyl (C=O) groups is 1. The molecule has 2 nitrogen and oxygen atoms in total. The Balaban J connectivity index is 2.32. The number of carboxylic acid groups (broad SMARTS) is 1. The molecule has 3 heteroatoms. The van der Waals surface area contributed by atoms with E-state index in [0.717, 1.165) is 6.16 Å². The van der Waals surface area contributed by atoms with Crippen LogP contribution in [0.5, 0.6) is 0 Å². The van der Waals surface area contributed by atoms with E-state index in [1.54, 1.807) is 0 Å². The van der Waals surface area contributed by atoms with Crippen molar-refractivity contribution in [3.8, 4) is 0 Å². The van der Waals surface area contributed by atoms with E-state index in [2.05, 4.69) is 119 Å². The Morgan fingerprint density at radius 3 is 1.25 bits per heavy atom. The van der Waals surface area contributed by atoms with Crippen LogP contribution in [0.25, 0.3) is 0 Å². The number of hydrogen-bond donors (Lipinski definition) is 1. The van der Waals surface area contributed by atoms with Crippen LogP contribution in [0.15, 0.2) is 91.0 Å². The van der Waals surface area contributed by atoms with Gasteiger partial charge in [0.25, 0.3) is 0 Å². The van der Waals surface area contributed by atoms with E-state index >= 15 is 0 Å². The van der Waals surface area contributed by atoms with E-state index < -0.39 is 24.1 Å². The third-order valence-electron chi connectivity index (χ3n) is 8.30. The van der Waals surface area contributed by atoms with Crippen LogP contribution in [-0.2, 0) is 4.79 Å². The van der Waals surface area contributed by atoms with Crippen LogP contribution in [0.2, 0.25) is 0 Å². The summed E-state index contributed by atoms with van der Waals surface area (Å²) in [6.07, 6.45) is 0.905. The minimum atomic E-state index is -2.48. The molecule has 0 unspecified atom stereocenters. The van der Waals surface area contributed by atoms with Gasteiger partial charge in [-0.2, -0.15) is 0 Å². The quantitative estimate of drug-likeness (QED) is 0.437. The van der Waals surface area contributed by atoms with Gasteiger partial charge in [-0.3, -0.25) is 0 Å². The molecule has 0 amide bonds. The molecule has 0 aliphatic carbocycles. The Labute approximate surface area is 194 Å². The van der Waals surface area contributed by atoms with Crippen molar-refractivity contribution in [1.29, 1.82) is 0 Å². The Kier molecular flexibility index (Phi) is 6.68. The first-order valence-electron chi connectivity index (χ1n) is 11.4. The first-order valence-corrected chi connectivity index (χ1v) is 13.6. The molecule has 32 heavy (non-hydrogen) atoms. The molecule has 0 heterocycles. The van der Waals surface area contributed by atoms with Gasteiger partial charge in [0, 0.05) is 0 Å². The third-order valence-corrected chi connectivity index (χ3v) is 13.7. The summed E-state index contributed by atoms with van der Waals surface area (Å²) >= 11 is 0. The Morgan fingerprint density at radius 1 is 0.656 bits per heavy atom. The molecule has 3 aromatic rings. The molecule has 0 spiro atoms. The van der Waals surface area contributed by atoms with Crippen molar-refractivity contribution >= 4 is 29.1 Å². The zero-order valence-corrected chi connectivity index (χ0v) is 21.2. The molecule has 1 N–H and O–H groups in total. The maximum absolute atomic E-state index is 12.3.